The molecule has 1 fully saturated rings. The molecule has 1 saturated heterocycles. The fraction of sp³-hybridized carbons (Fsp3) is 0.632. The summed E-state index contributed by atoms with van der Waals surface area (Å²) < 4.78 is 11.5. The third-order valence-electron chi connectivity index (χ3n) is 4.38. The van der Waals surface area contributed by atoms with Crippen LogP contribution in [0.5, 0.6) is 5.75 Å². The molecule has 0 radical (unpaired) electrons. The first-order valence-corrected chi connectivity index (χ1v) is 8.38. The second kappa shape index (κ2) is 6.91. The van der Waals surface area contributed by atoms with Crippen molar-refractivity contribution in [1.82, 2.24) is 0 Å². The fourth-order valence-electron chi connectivity index (χ4n) is 3.14. The molecule has 0 spiro atoms. The molecule has 4 nitrogen and oxygen atoms in total. The molecular formula is C19H29NO3. The normalized spacial score (nSPS) is 18.3. The van der Waals surface area contributed by atoms with Gasteiger partial charge in [-0.15, -0.1) is 0 Å². The molecule has 0 aromatic heterocycles. The predicted octanol–water partition coefficient (Wildman–Crippen LogP) is 3.81. The van der Waals surface area contributed by atoms with Crippen LogP contribution in [0.25, 0.3) is 0 Å². The minimum atomic E-state index is -0.0927. The van der Waals surface area contributed by atoms with E-state index in [1.165, 1.54) is 0 Å². The van der Waals surface area contributed by atoms with Crippen molar-refractivity contribution in [2.24, 2.45) is 0 Å². The van der Waals surface area contributed by atoms with E-state index in [1.807, 2.05) is 19.1 Å². The Morgan fingerprint density at radius 1 is 1.35 bits per heavy atom. The molecule has 1 aromatic rings. The van der Waals surface area contributed by atoms with E-state index < -0.39 is 0 Å². The van der Waals surface area contributed by atoms with Crippen molar-refractivity contribution in [1.29, 1.82) is 0 Å². The first-order valence-electron chi connectivity index (χ1n) is 8.38. The van der Waals surface area contributed by atoms with E-state index in [-0.39, 0.29) is 17.3 Å². The topological polar surface area (TPSA) is 38.8 Å². The van der Waals surface area contributed by atoms with Crippen LogP contribution in [0.2, 0.25) is 0 Å². The number of hydrogen-bond donors (Lipinski definition) is 0. The molecule has 0 aliphatic carbocycles. The SMILES string of the molecule is CCO[C@@H]1CCN(c2cc(C(C)=O)cc(C(C)(C)C)c2OC)C1. The molecule has 1 heterocycles. The molecule has 0 saturated carbocycles. The minimum Gasteiger partial charge on any atom is -0.494 e. The van der Waals surface area contributed by atoms with E-state index in [9.17, 15) is 4.79 Å². The number of Topliss-reactive ketones (excluding diaryl/α,β-unsaturated/α-hetero) is 1. The molecular weight excluding hydrogens is 290 g/mol. The smallest absolute Gasteiger partial charge is 0.159 e. The monoisotopic (exact) mass is 319 g/mol. The van der Waals surface area contributed by atoms with Crippen molar-refractivity contribution >= 4 is 11.5 Å². The maximum absolute atomic E-state index is 12.0. The summed E-state index contributed by atoms with van der Waals surface area (Å²) in [7, 11) is 1.71. The zero-order chi connectivity index (χ0) is 17.2. The number of carbonyl (C=O) groups is 1. The third kappa shape index (κ3) is 3.86. The minimum absolute atomic E-state index is 0.0833. The number of benzene rings is 1. The van der Waals surface area contributed by atoms with Crippen molar-refractivity contribution in [3.8, 4) is 5.75 Å². The van der Waals surface area contributed by atoms with Crippen molar-refractivity contribution < 1.29 is 14.3 Å². The van der Waals surface area contributed by atoms with E-state index in [4.69, 9.17) is 9.47 Å². The van der Waals surface area contributed by atoms with Gasteiger partial charge >= 0.3 is 0 Å². The van der Waals surface area contributed by atoms with Gasteiger partial charge in [0, 0.05) is 30.8 Å². The van der Waals surface area contributed by atoms with Gasteiger partial charge in [-0.05, 0) is 37.8 Å². The highest BCUT2D eigenvalue weighted by molar-refractivity contribution is 5.96. The Morgan fingerprint density at radius 3 is 2.57 bits per heavy atom. The summed E-state index contributed by atoms with van der Waals surface area (Å²) in [5.74, 6) is 0.958. The van der Waals surface area contributed by atoms with Gasteiger partial charge in [0.25, 0.3) is 0 Å². The standard InChI is InChI=1S/C19H29NO3/c1-7-23-15-8-9-20(12-15)17-11-14(13(2)21)10-16(18(17)22-6)19(3,4)5/h10-11,15H,7-9,12H2,1-6H3/t15-/m1/s1. The Bertz CT molecular complexity index is 575. The van der Waals surface area contributed by atoms with Gasteiger partial charge in [0.05, 0.1) is 18.9 Å². The lowest BCUT2D eigenvalue weighted by molar-refractivity contribution is 0.0787. The highest BCUT2D eigenvalue weighted by Crippen LogP contribution is 2.41. The molecule has 1 aliphatic heterocycles. The van der Waals surface area contributed by atoms with Gasteiger partial charge in [-0.25, -0.2) is 0 Å². The maximum Gasteiger partial charge on any atom is 0.159 e. The van der Waals surface area contributed by atoms with Gasteiger partial charge in [-0.3, -0.25) is 4.79 Å². The average molecular weight is 319 g/mol. The molecule has 0 unspecified atom stereocenters. The van der Waals surface area contributed by atoms with E-state index in [1.54, 1.807) is 14.0 Å². The second-order valence-electron chi connectivity index (χ2n) is 7.19. The highest BCUT2D eigenvalue weighted by atomic mass is 16.5. The maximum atomic E-state index is 12.0. The van der Waals surface area contributed by atoms with Crippen LogP contribution in [0.15, 0.2) is 12.1 Å². The summed E-state index contributed by atoms with van der Waals surface area (Å²) in [6.45, 7) is 12.6. The van der Waals surface area contributed by atoms with E-state index in [0.29, 0.717) is 0 Å². The van der Waals surface area contributed by atoms with Crippen molar-refractivity contribution in [2.45, 2.75) is 52.6 Å². The zero-order valence-corrected chi connectivity index (χ0v) is 15.2. The Balaban J connectivity index is 2.49. The number of methoxy groups -OCH3 is 1. The van der Waals surface area contributed by atoms with Gasteiger partial charge < -0.3 is 14.4 Å². The Morgan fingerprint density at radius 2 is 2.04 bits per heavy atom. The van der Waals surface area contributed by atoms with Gasteiger partial charge in [0.1, 0.15) is 5.75 Å². The summed E-state index contributed by atoms with van der Waals surface area (Å²) in [4.78, 5) is 14.3. The number of anilines is 1. The quantitative estimate of drug-likeness (QED) is 0.774. The van der Waals surface area contributed by atoms with Crippen LogP contribution in [0.4, 0.5) is 5.69 Å². The molecule has 0 N–H and O–H groups in total. The summed E-state index contributed by atoms with van der Waals surface area (Å²) >= 11 is 0. The zero-order valence-electron chi connectivity index (χ0n) is 15.2. The van der Waals surface area contributed by atoms with Crippen LogP contribution in [-0.2, 0) is 10.2 Å². The van der Waals surface area contributed by atoms with E-state index in [2.05, 4.69) is 25.7 Å². The first-order chi connectivity index (χ1) is 10.8. The Labute approximate surface area is 139 Å². The van der Waals surface area contributed by atoms with Gasteiger partial charge in [0.15, 0.2) is 5.78 Å². The van der Waals surface area contributed by atoms with E-state index in [0.717, 1.165) is 48.7 Å². The first kappa shape index (κ1) is 17.8. The van der Waals surface area contributed by atoms with Crippen LogP contribution in [-0.4, -0.2) is 38.7 Å². The highest BCUT2D eigenvalue weighted by Gasteiger charge is 2.29. The van der Waals surface area contributed by atoms with Crippen LogP contribution in [0.3, 0.4) is 0 Å². The van der Waals surface area contributed by atoms with Crippen LogP contribution < -0.4 is 9.64 Å². The lowest BCUT2D eigenvalue weighted by Crippen LogP contribution is -2.25. The second-order valence-corrected chi connectivity index (χ2v) is 7.19. The van der Waals surface area contributed by atoms with Crippen molar-refractivity contribution in [3.05, 3.63) is 23.3 Å². The summed E-state index contributed by atoms with van der Waals surface area (Å²) in [5, 5.41) is 0. The Kier molecular flexibility index (Phi) is 5.35. The molecule has 23 heavy (non-hydrogen) atoms. The van der Waals surface area contributed by atoms with Gasteiger partial charge in [0.2, 0.25) is 0 Å². The van der Waals surface area contributed by atoms with Crippen LogP contribution in [0, 0.1) is 0 Å². The summed E-state index contributed by atoms with van der Waals surface area (Å²) in [6, 6.07) is 3.94. The number of ketones is 1. The number of nitrogens with zero attached hydrogens (tertiary/aromatic N) is 1. The summed E-state index contributed by atoms with van der Waals surface area (Å²) in [6.07, 6.45) is 1.26. The number of carbonyl (C=O) groups excluding carboxylic acids is 1. The third-order valence-corrected chi connectivity index (χ3v) is 4.38. The molecule has 1 aliphatic rings. The lowest BCUT2D eigenvalue weighted by Gasteiger charge is -2.28. The molecule has 2 rings (SSSR count). The van der Waals surface area contributed by atoms with Crippen LogP contribution in [0.1, 0.15) is 57.0 Å². The summed E-state index contributed by atoms with van der Waals surface area (Å²) in [5.41, 5.74) is 2.73. The fourth-order valence-corrected chi connectivity index (χ4v) is 3.14. The van der Waals surface area contributed by atoms with Gasteiger partial charge in [-0.2, -0.15) is 0 Å². The number of hydrogen-bond acceptors (Lipinski definition) is 4. The van der Waals surface area contributed by atoms with Crippen molar-refractivity contribution in [3.63, 3.8) is 0 Å². The molecule has 128 valence electrons. The molecule has 0 bridgehead atoms. The number of ether oxygens (including phenoxy) is 2. The molecule has 4 heteroatoms. The predicted molar refractivity (Wildman–Crippen MR) is 93.9 cm³/mol. The largest absolute Gasteiger partial charge is 0.494 e. The lowest BCUT2D eigenvalue weighted by atomic mass is 9.84. The van der Waals surface area contributed by atoms with Gasteiger partial charge in [-0.1, -0.05) is 20.8 Å². The van der Waals surface area contributed by atoms with Crippen LogP contribution >= 0.6 is 0 Å². The number of rotatable bonds is 5. The molecule has 1 atom stereocenters. The Hall–Kier alpha value is -1.55. The molecule has 0 amide bonds. The average Bonchev–Trinajstić information content (AvgIpc) is 2.93. The van der Waals surface area contributed by atoms with E-state index >= 15 is 0 Å². The van der Waals surface area contributed by atoms with Crippen molar-refractivity contribution in [2.75, 3.05) is 31.7 Å². The molecule has 1 aromatic carbocycles.